The summed E-state index contributed by atoms with van der Waals surface area (Å²) in [6, 6.07) is 6.16. The molecule has 0 bridgehead atoms. The van der Waals surface area contributed by atoms with Crippen LogP contribution >= 0.6 is 11.6 Å². The Kier molecular flexibility index (Phi) is 4.02. The molecule has 7 heteroatoms. The summed E-state index contributed by atoms with van der Waals surface area (Å²) in [5.74, 6) is -0.562. The highest BCUT2D eigenvalue weighted by Crippen LogP contribution is 2.29. The minimum atomic E-state index is -4.52. The first-order valence-corrected chi connectivity index (χ1v) is 7.31. The summed E-state index contributed by atoms with van der Waals surface area (Å²) in [5.41, 5.74) is 1.09. The molecule has 0 aliphatic heterocycles. The van der Waals surface area contributed by atoms with Crippen molar-refractivity contribution in [1.82, 2.24) is 10.3 Å². The number of halogens is 4. The second-order valence-electron chi connectivity index (χ2n) is 5.45. The van der Waals surface area contributed by atoms with E-state index in [0.717, 1.165) is 23.4 Å². The molecule has 1 aromatic heterocycles. The molecule has 23 heavy (non-hydrogen) atoms. The fourth-order valence-electron chi connectivity index (χ4n) is 2.68. The molecule has 1 unspecified atom stereocenters. The summed E-state index contributed by atoms with van der Waals surface area (Å²) in [6.45, 7) is 0. The van der Waals surface area contributed by atoms with E-state index in [1.165, 1.54) is 0 Å². The van der Waals surface area contributed by atoms with E-state index >= 15 is 0 Å². The summed E-state index contributed by atoms with van der Waals surface area (Å²) < 4.78 is 38.0. The van der Waals surface area contributed by atoms with Crippen LogP contribution < -0.4 is 5.32 Å². The Morgan fingerprint density at radius 1 is 1.17 bits per heavy atom. The van der Waals surface area contributed by atoms with Crippen LogP contribution in [0.5, 0.6) is 0 Å². The molecule has 1 aliphatic carbocycles. The SMILES string of the molecule is O=C(NC1Cc2ccc(Cl)cc2C1)c1cncc(C(F)(F)F)c1. The number of carbonyl (C=O) groups excluding carboxylic acids is 1. The molecular formula is C16H12ClF3N2O. The van der Waals surface area contributed by atoms with Gasteiger partial charge in [-0.1, -0.05) is 17.7 Å². The van der Waals surface area contributed by atoms with Gasteiger partial charge in [0, 0.05) is 23.5 Å². The van der Waals surface area contributed by atoms with Crippen molar-refractivity contribution in [2.24, 2.45) is 0 Å². The second-order valence-corrected chi connectivity index (χ2v) is 5.89. The molecule has 1 aliphatic rings. The Bertz CT molecular complexity index is 761. The van der Waals surface area contributed by atoms with E-state index in [4.69, 9.17) is 11.6 Å². The zero-order valence-electron chi connectivity index (χ0n) is 11.8. The Hall–Kier alpha value is -2.08. The van der Waals surface area contributed by atoms with Gasteiger partial charge in [0.1, 0.15) is 0 Å². The normalized spacial score (nSPS) is 17.0. The van der Waals surface area contributed by atoms with Crippen molar-refractivity contribution in [1.29, 1.82) is 0 Å². The summed E-state index contributed by atoms with van der Waals surface area (Å²) in [5, 5.41) is 3.37. The van der Waals surface area contributed by atoms with Crippen LogP contribution in [0, 0.1) is 0 Å². The zero-order chi connectivity index (χ0) is 16.6. The Labute approximate surface area is 135 Å². The summed E-state index contributed by atoms with van der Waals surface area (Å²) in [4.78, 5) is 15.7. The lowest BCUT2D eigenvalue weighted by atomic mass is 10.1. The van der Waals surface area contributed by atoms with Gasteiger partial charge in [-0.2, -0.15) is 13.2 Å². The molecule has 1 atom stereocenters. The molecule has 0 spiro atoms. The molecule has 2 aromatic rings. The van der Waals surface area contributed by atoms with E-state index in [1.807, 2.05) is 12.1 Å². The van der Waals surface area contributed by atoms with Crippen LogP contribution in [0.4, 0.5) is 13.2 Å². The van der Waals surface area contributed by atoms with Crippen LogP contribution in [-0.4, -0.2) is 16.9 Å². The van der Waals surface area contributed by atoms with Crippen molar-refractivity contribution in [3.8, 4) is 0 Å². The second kappa shape index (κ2) is 5.85. The molecule has 120 valence electrons. The summed E-state index contributed by atoms with van der Waals surface area (Å²) in [7, 11) is 0. The lowest BCUT2D eigenvalue weighted by molar-refractivity contribution is -0.137. The van der Waals surface area contributed by atoms with Crippen molar-refractivity contribution >= 4 is 17.5 Å². The molecule has 1 aromatic carbocycles. The minimum Gasteiger partial charge on any atom is -0.349 e. The highest BCUT2D eigenvalue weighted by Gasteiger charge is 2.32. The van der Waals surface area contributed by atoms with Gasteiger partial charge in [-0.3, -0.25) is 9.78 Å². The quantitative estimate of drug-likeness (QED) is 0.906. The van der Waals surface area contributed by atoms with Crippen molar-refractivity contribution < 1.29 is 18.0 Å². The average molecular weight is 341 g/mol. The zero-order valence-corrected chi connectivity index (χ0v) is 12.6. The molecule has 0 radical (unpaired) electrons. The van der Waals surface area contributed by atoms with Crippen molar-refractivity contribution in [2.75, 3.05) is 0 Å². The number of hydrogen-bond donors (Lipinski definition) is 1. The molecule has 1 amide bonds. The topological polar surface area (TPSA) is 42.0 Å². The van der Waals surface area contributed by atoms with E-state index in [0.29, 0.717) is 24.1 Å². The average Bonchev–Trinajstić information content (AvgIpc) is 2.87. The van der Waals surface area contributed by atoms with E-state index in [1.54, 1.807) is 6.07 Å². The number of rotatable bonds is 2. The van der Waals surface area contributed by atoms with Gasteiger partial charge in [-0.15, -0.1) is 0 Å². The van der Waals surface area contributed by atoms with Crippen molar-refractivity contribution in [3.63, 3.8) is 0 Å². The number of nitrogens with one attached hydrogen (secondary N) is 1. The Morgan fingerprint density at radius 3 is 2.65 bits per heavy atom. The maximum absolute atomic E-state index is 12.7. The molecule has 0 fully saturated rings. The predicted molar refractivity (Wildman–Crippen MR) is 79.4 cm³/mol. The van der Waals surface area contributed by atoms with Gasteiger partial charge < -0.3 is 5.32 Å². The number of pyridine rings is 1. The molecule has 0 saturated heterocycles. The molecular weight excluding hydrogens is 329 g/mol. The van der Waals surface area contributed by atoms with Crippen molar-refractivity contribution in [3.05, 3.63) is 63.9 Å². The van der Waals surface area contributed by atoms with Crippen LogP contribution in [0.1, 0.15) is 27.0 Å². The maximum atomic E-state index is 12.7. The number of hydrogen-bond acceptors (Lipinski definition) is 2. The van der Waals surface area contributed by atoms with Gasteiger partial charge in [-0.25, -0.2) is 0 Å². The standard InChI is InChI=1S/C16H12ClF3N2O/c17-13-2-1-9-5-14(6-10(9)4-13)22-15(23)11-3-12(8-21-7-11)16(18,19)20/h1-4,7-8,14H,5-6H2,(H,22,23). The third-order valence-electron chi connectivity index (χ3n) is 3.76. The predicted octanol–water partition coefficient (Wildman–Crippen LogP) is 3.65. The first kappa shape index (κ1) is 15.8. The van der Waals surface area contributed by atoms with E-state index in [2.05, 4.69) is 10.3 Å². The highest BCUT2D eigenvalue weighted by atomic mass is 35.5. The van der Waals surface area contributed by atoms with Gasteiger partial charge in [0.15, 0.2) is 0 Å². The third kappa shape index (κ3) is 3.47. The maximum Gasteiger partial charge on any atom is 0.417 e. The van der Waals surface area contributed by atoms with Crippen LogP contribution in [0.25, 0.3) is 0 Å². The van der Waals surface area contributed by atoms with Gasteiger partial charge in [0.25, 0.3) is 5.91 Å². The Morgan fingerprint density at radius 2 is 1.91 bits per heavy atom. The first-order chi connectivity index (χ1) is 10.8. The summed E-state index contributed by atoms with van der Waals surface area (Å²) >= 11 is 5.93. The lowest BCUT2D eigenvalue weighted by Gasteiger charge is -2.13. The van der Waals surface area contributed by atoms with Crippen LogP contribution in [0.3, 0.4) is 0 Å². The largest absolute Gasteiger partial charge is 0.417 e. The van der Waals surface area contributed by atoms with Gasteiger partial charge in [0.05, 0.1) is 11.1 Å². The number of carbonyl (C=O) groups is 1. The van der Waals surface area contributed by atoms with Gasteiger partial charge in [0.2, 0.25) is 0 Å². The highest BCUT2D eigenvalue weighted by molar-refractivity contribution is 6.30. The van der Waals surface area contributed by atoms with E-state index in [9.17, 15) is 18.0 Å². The molecule has 0 saturated carbocycles. The fourth-order valence-corrected chi connectivity index (χ4v) is 2.87. The Balaban J connectivity index is 1.71. The molecule has 1 heterocycles. The molecule has 3 nitrogen and oxygen atoms in total. The van der Waals surface area contributed by atoms with E-state index in [-0.39, 0.29) is 11.6 Å². The third-order valence-corrected chi connectivity index (χ3v) is 4.00. The molecule has 1 N–H and O–H groups in total. The minimum absolute atomic E-state index is 0.103. The fraction of sp³-hybridized carbons (Fsp3) is 0.250. The van der Waals surface area contributed by atoms with Crippen LogP contribution in [0.2, 0.25) is 5.02 Å². The number of nitrogens with zero attached hydrogens (tertiary/aromatic N) is 1. The van der Waals surface area contributed by atoms with Crippen LogP contribution in [0.15, 0.2) is 36.7 Å². The van der Waals surface area contributed by atoms with Gasteiger partial charge >= 0.3 is 6.18 Å². The summed E-state index contributed by atoms with van der Waals surface area (Å²) in [6.07, 6.45) is -1.46. The van der Waals surface area contributed by atoms with Crippen LogP contribution in [-0.2, 0) is 19.0 Å². The smallest absolute Gasteiger partial charge is 0.349 e. The number of aromatic nitrogens is 1. The monoisotopic (exact) mass is 340 g/mol. The van der Waals surface area contributed by atoms with Crippen molar-refractivity contribution in [2.45, 2.75) is 25.1 Å². The number of alkyl halides is 3. The van der Waals surface area contributed by atoms with E-state index < -0.39 is 17.6 Å². The number of fused-ring (bicyclic) bond motifs is 1. The molecule has 3 rings (SSSR count). The lowest BCUT2D eigenvalue weighted by Crippen LogP contribution is -2.35. The number of amides is 1. The first-order valence-electron chi connectivity index (χ1n) is 6.93. The number of benzene rings is 1. The van der Waals surface area contributed by atoms with Gasteiger partial charge in [-0.05, 0) is 42.2 Å².